The van der Waals surface area contributed by atoms with E-state index in [1.54, 1.807) is 0 Å². The number of carbonyl (C=O) groups is 9. The van der Waals surface area contributed by atoms with Crippen molar-refractivity contribution >= 4 is 65.9 Å². The van der Waals surface area contributed by atoms with Gasteiger partial charge in [-0.15, -0.1) is 0 Å². The molecule has 22 heteroatoms. The molecule has 0 aromatic carbocycles. The Hall–Kier alpha value is -4.54. The van der Waals surface area contributed by atoms with Gasteiger partial charge >= 0.3 is 11.9 Å². The molecule has 8 unspecified atom stereocenters. The molecule has 0 aliphatic rings. The van der Waals surface area contributed by atoms with Crippen LogP contribution < -0.4 is 54.4 Å². The van der Waals surface area contributed by atoms with E-state index < -0.39 is 108 Å². The lowest BCUT2D eigenvalue weighted by molar-refractivity contribution is -0.142. The zero-order valence-electron chi connectivity index (χ0n) is 31.1. The van der Waals surface area contributed by atoms with Gasteiger partial charge in [-0.05, 0) is 85.7 Å². The Bertz CT molecular complexity index is 1310. The molecule has 0 aromatic heterocycles. The molecule has 0 rings (SSSR count). The van der Waals surface area contributed by atoms with E-state index in [0.717, 1.165) is 0 Å². The molecular formula is C32H58N10O11S. The number of hydrogen-bond acceptors (Lipinski definition) is 13. The van der Waals surface area contributed by atoms with Crippen molar-refractivity contribution < 1.29 is 53.4 Å². The highest BCUT2D eigenvalue weighted by molar-refractivity contribution is 7.80. The minimum absolute atomic E-state index is 0.00114. The minimum atomic E-state index is -1.43. The van der Waals surface area contributed by atoms with Gasteiger partial charge in [-0.2, -0.15) is 12.6 Å². The molecule has 0 spiro atoms. The van der Waals surface area contributed by atoms with Crippen molar-refractivity contribution in [2.75, 3.05) is 18.8 Å². The summed E-state index contributed by atoms with van der Waals surface area (Å²) in [5.41, 5.74) is 16.7. The van der Waals surface area contributed by atoms with Crippen molar-refractivity contribution in [1.29, 1.82) is 0 Å². The van der Waals surface area contributed by atoms with E-state index in [4.69, 9.17) is 27.4 Å². The fourth-order valence-corrected chi connectivity index (χ4v) is 4.72. The van der Waals surface area contributed by atoms with E-state index in [0.29, 0.717) is 32.2 Å². The predicted octanol–water partition coefficient (Wildman–Crippen LogP) is -4.08. The van der Waals surface area contributed by atoms with Gasteiger partial charge in [0, 0.05) is 12.2 Å². The Balaban J connectivity index is 5.74. The van der Waals surface area contributed by atoms with Crippen LogP contribution in [0.5, 0.6) is 0 Å². The van der Waals surface area contributed by atoms with Gasteiger partial charge in [0.15, 0.2) is 0 Å². The van der Waals surface area contributed by atoms with E-state index in [-0.39, 0.29) is 31.6 Å². The van der Waals surface area contributed by atoms with E-state index >= 15 is 0 Å². The topological polar surface area (TPSA) is 356 Å². The van der Waals surface area contributed by atoms with Gasteiger partial charge in [0.1, 0.15) is 42.3 Å². The molecule has 0 aliphatic heterocycles. The van der Waals surface area contributed by atoms with Crippen LogP contribution in [0.3, 0.4) is 0 Å². The molecule has 54 heavy (non-hydrogen) atoms. The summed E-state index contributed by atoms with van der Waals surface area (Å²) < 4.78 is 0. The van der Waals surface area contributed by atoms with Crippen LogP contribution >= 0.6 is 12.6 Å². The summed E-state index contributed by atoms with van der Waals surface area (Å²) in [6.45, 7) is 5.83. The van der Waals surface area contributed by atoms with E-state index in [2.05, 4.69) is 49.8 Å². The number of nitrogens with one attached hydrogen (secondary N) is 7. The number of nitrogens with two attached hydrogens (primary N) is 3. The normalized spacial score (nSPS) is 15.3. The van der Waals surface area contributed by atoms with Crippen LogP contribution in [0.2, 0.25) is 0 Å². The number of unbranched alkanes of at least 4 members (excludes halogenated alkanes) is 2. The fraction of sp³-hybridized carbons (Fsp3) is 0.719. The smallest absolute Gasteiger partial charge is 0.325 e. The molecule has 8 atom stereocenters. The highest BCUT2D eigenvalue weighted by atomic mass is 32.1. The first-order chi connectivity index (χ1) is 25.3. The highest BCUT2D eigenvalue weighted by Gasteiger charge is 2.31. The first-order valence-corrected chi connectivity index (χ1v) is 18.3. The summed E-state index contributed by atoms with van der Waals surface area (Å²) in [7, 11) is 0. The first kappa shape index (κ1) is 49.5. The van der Waals surface area contributed by atoms with Gasteiger partial charge in [-0.25, -0.2) is 0 Å². The van der Waals surface area contributed by atoms with Crippen molar-refractivity contribution in [3.05, 3.63) is 0 Å². The molecule has 15 N–H and O–H groups in total. The zero-order chi connectivity index (χ0) is 41.5. The minimum Gasteiger partial charge on any atom is -0.481 e. The molecule has 0 aliphatic carbocycles. The Morgan fingerprint density at radius 2 is 0.833 bits per heavy atom. The lowest BCUT2D eigenvalue weighted by atomic mass is 10.1. The Labute approximate surface area is 319 Å². The van der Waals surface area contributed by atoms with Crippen LogP contribution in [0, 0.1) is 0 Å². The summed E-state index contributed by atoms with van der Waals surface area (Å²) in [5.74, 6) is -8.08. The molecule has 7 amide bonds. The number of aliphatic carboxylic acids is 2. The molecular weight excluding hydrogens is 732 g/mol. The van der Waals surface area contributed by atoms with Crippen molar-refractivity contribution in [3.63, 3.8) is 0 Å². The lowest BCUT2D eigenvalue weighted by Crippen LogP contribution is -2.59. The highest BCUT2D eigenvalue weighted by Crippen LogP contribution is 2.06. The number of thiol groups is 1. The summed E-state index contributed by atoms with van der Waals surface area (Å²) in [5, 5.41) is 35.2. The Morgan fingerprint density at radius 3 is 1.15 bits per heavy atom. The van der Waals surface area contributed by atoms with Crippen LogP contribution in [0.15, 0.2) is 0 Å². The lowest BCUT2D eigenvalue weighted by Gasteiger charge is -2.26. The van der Waals surface area contributed by atoms with Crippen molar-refractivity contribution in [2.45, 2.75) is 127 Å². The molecule has 0 radical (unpaired) electrons. The third kappa shape index (κ3) is 19.5. The molecule has 0 fully saturated rings. The largest absolute Gasteiger partial charge is 0.481 e. The molecule has 308 valence electrons. The Kier molecular flexibility index (Phi) is 24.1. The SMILES string of the molecule is CC(NC(=O)C(CCCCN)NC(=O)C(C)NC(=O)C(CCCCN)NC(=O)C(C)NC(=O)C(CCC(=O)O)NC(=O)C(C)NC(=O)C(N)CS)C(=O)O. The average Bonchev–Trinajstić information content (AvgIpc) is 3.11. The van der Waals surface area contributed by atoms with Gasteiger partial charge < -0.3 is 64.6 Å². The van der Waals surface area contributed by atoms with Crippen molar-refractivity contribution in [3.8, 4) is 0 Å². The van der Waals surface area contributed by atoms with Gasteiger partial charge in [-0.3, -0.25) is 43.2 Å². The maximum Gasteiger partial charge on any atom is 0.325 e. The molecule has 0 saturated heterocycles. The third-order valence-electron chi connectivity index (χ3n) is 7.96. The van der Waals surface area contributed by atoms with E-state index in [9.17, 15) is 43.2 Å². The van der Waals surface area contributed by atoms with E-state index in [1.807, 2.05) is 0 Å². The maximum atomic E-state index is 13.3. The van der Waals surface area contributed by atoms with Gasteiger partial charge in [-0.1, -0.05) is 0 Å². The van der Waals surface area contributed by atoms with Crippen molar-refractivity contribution in [2.24, 2.45) is 17.2 Å². The third-order valence-corrected chi connectivity index (χ3v) is 8.35. The second-order valence-electron chi connectivity index (χ2n) is 12.7. The number of hydrogen-bond donors (Lipinski definition) is 13. The maximum absolute atomic E-state index is 13.3. The Morgan fingerprint density at radius 1 is 0.500 bits per heavy atom. The van der Waals surface area contributed by atoms with E-state index in [1.165, 1.54) is 27.7 Å². The zero-order valence-corrected chi connectivity index (χ0v) is 32.0. The first-order valence-electron chi connectivity index (χ1n) is 17.6. The van der Waals surface area contributed by atoms with Crippen LogP contribution in [-0.4, -0.2) is 131 Å². The van der Waals surface area contributed by atoms with Crippen LogP contribution in [-0.2, 0) is 43.2 Å². The number of carboxylic acids is 2. The van der Waals surface area contributed by atoms with Crippen molar-refractivity contribution in [1.82, 2.24) is 37.2 Å². The van der Waals surface area contributed by atoms with Gasteiger partial charge in [0.25, 0.3) is 0 Å². The molecule has 0 bridgehead atoms. The second-order valence-corrected chi connectivity index (χ2v) is 13.1. The number of rotatable bonds is 27. The second kappa shape index (κ2) is 26.3. The summed E-state index contributed by atoms with van der Waals surface area (Å²) in [4.78, 5) is 113. The van der Waals surface area contributed by atoms with Crippen LogP contribution in [0.4, 0.5) is 0 Å². The molecule has 0 heterocycles. The predicted molar refractivity (Wildman–Crippen MR) is 198 cm³/mol. The molecule has 0 aromatic rings. The fourth-order valence-electron chi connectivity index (χ4n) is 4.55. The monoisotopic (exact) mass is 790 g/mol. The molecule has 21 nitrogen and oxygen atoms in total. The number of carbonyl (C=O) groups excluding carboxylic acids is 7. The van der Waals surface area contributed by atoms with Gasteiger partial charge in [0.2, 0.25) is 41.4 Å². The summed E-state index contributed by atoms with van der Waals surface area (Å²) >= 11 is 3.92. The molecule has 0 saturated carbocycles. The van der Waals surface area contributed by atoms with Gasteiger partial charge in [0.05, 0.1) is 6.04 Å². The number of amides is 7. The van der Waals surface area contributed by atoms with Crippen LogP contribution in [0.1, 0.15) is 79.1 Å². The summed E-state index contributed by atoms with van der Waals surface area (Å²) in [6, 6.07) is -9.70. The van der Waals surface area contributed by atoms with Crippen LogP contribution in [0.25, 0.3) is 0 Å². The summed E-state index contributed by atoms with van der Waals surface area (Å²) in [6.07, 6.45) is 1.18. The standard InChI is InChI=1S/C32H58N10O11S/c1-16(36-28(48)20(35)15-54)25(45)42-23(11-12-24(43)44)31(51)38-18(3)27(47)40-21(9-5-7-13-33)29(49)37-17(2)26(46)41-22(10-6-8-14-34)30(50)39-19(4)32(52)53/h16-23,54H,5-15,33-35H2,1-4H3,(H,36,48)(H,37,49)(H,38,51)(H,39,50)(H,40,47)(H,41,46)(H,42,45)(H,43,44)(H,52,53). The number of carboxylic acid groups (broad SMARTS) is 2. The quantitative estimate of drug-likeness (QED) is 0.0278. The average molecular weight is 791 g/mol.